The quantitative estimate of drug-likeness (QED) is 0.595. The molecule has 0 spiro atoms. The predicted octanol–water partition coefficient (Wildman–Crippen LogP) is 3.38. The van der Waals surface area contributed by atoms with Crippen LogP contribution in [0, 0.1) is 6.92 Å². The number of benzene rings is 1. The molecule has 0 aliphatic heterocycles. The Morgan fingerprint density at radius 3 is 2.81 bits per heavy atom. The van der Waals surface area contributed by atoms with Crippen LogP contribution >= 0.6 is 27.5 Å². The van der Waals surface area contributed by atoms with E-state index in [2.05, 4.69) is 21.0 Å². The zero-order chi connectivity index (χ0) is 15.4. The number of halogens is 2. The largest absolute Gasteiger partial charge is 0.490 e. The number of hydrogen-bond acceptors (Lipinski definition) is 4. The number of ether oxygens (including phenoxy) is 2. The number of aromatic nitrogens is 2. The minimum atomic E-state index is -0.497. The monoisotopic (exact) mass is 372 g/mol. The molecule has 0 atom stereocenters. The molecule has 2 rings (SSSR count). The van der Waals surface area contributed by atoms with Crippen molar-refractivity contribution in [3.63, 3.8) is 0 Å². The van der Waals surface area contributed by atoms with Crippen LogP contribution in [0.25, 0.3) is 0 Å². The predicted molar refractivity (Wildman–Crippen MR) is 82.9 cm³/mol. The first-order valence-corrected chi connectivity index (χ1v) is 7.40. The Hall–Kier alpha value is -1.53. The molecular weight excluding hydrogens is 360 g/mol. The summed E-state index contributed by atoms with van der Waals surface area (Å²) in [7, 11) is 1.67. The average Bonchev–Trinajstić information content (AvgIpc) is 2.68. The van der Waals surface area contributed by atoms with Crippen molar-refractivity contribution in [2.75, 3.05) is 13.2 Å². The van der Waals surface area contributed by atoms with Gasteiger partial charge in [0.05, 0.1) is 5.69 Å². The van der Waals surface area contributed by atoms with Gasteiger partial charge in [-0.1, -0.05) is 33.6 Å². The maximum absolute atomic E-state index is 11.9. The van der Waals surface area contributed by atoms with Gasteiger partial charge in [0.2, 0.25) is 0 Å². The van der Waals surface area contributed by atoms with Crippen LogP contribution in [0.4, 0.5) is 0 Å². The number of rotatable bonds is 5. The minimum Gasteiger partial charge on any atom is -0.490 e. The number of carbonyl (C=O) groups is 1. The summed E-state index contributed by atoms with van der Waals surface area (Å²) in [5.74, 6) is 0.208. The number of aryl methyl sites for hydroxylation is 2. The third-order valence-electron chi connectivity index (χ3n) is 2.74. The Morgan fingerprint density at radius 2 is 2.19 bits per heavy atom. The molecule has 0 fully saturated rings. The number of nitrogens with zero attached hydrogens (tertiary/aromatic N) is 2. The lowest BCUT2D eigenvalue weighted by Crippen LogP contribution is -2.13. The highest BCUT2D eigenvalue weighted by Crippen LogP contribution is 2.20. The van der Waals surface area contributed by atoms with E-state index in [9.17, 15) is 4.79 Å². The van der Waals surface area contributed by atoms with Crippen LogP contribution in [0.5, 0.6) is 5.75 Å². The smallest absolute Gasteiger partial charge is 0.343 e. The zero-order valence-corrected chi connectivity index (χ0v) is 13.9. The van der Waals surface area contributed by atoms with Crippen molar-refractivity contribution in [3.8, 4) is 5.75 Å². The fourth-order valence-corrected chi connectivity index (χ4v) is 2.41. The van der Waals surface area contributed by atoms with Crippen LogP contribution in [-0.4, -0.2) is 29.0 Å². The molecule has 0 unspecified atom stereocenters. The van der Waals surface area contributed by atoms with E-state index in [1.807, 2.05) is 24.3 Å². The van der Waals surface area contributed by atoms with Crippen molar-refractivity contribution in [1.29, 1.82) is 0 Å². The van der Waals surface area contributed by atoms with Gasteiger partial charge in [0.15, 0.2) is 0 Å². The van der Waals surface area contributed by atoms with Crippen LogP contribution in [0.2, 0.25) is 5.15 Å². The Balaban J connectivity index is 1.85. The fourth-order valence-electron chi connectivity index (χ4n) is 1.78. The third-order valence-corrected chi connectivity index (χ3v) is 3.66. The van der Waals surface area contributed by atoms with E-state index in [1.54, 1.807) is 14.0 Å². The van der Waals surface area contributed by atoms with Gasteiger partial charge in [-0.05, 0) is 25.1 Å². The molecule has 0 radical (unpaired) electrons. The van der Waals surface area contributed by atoms with Crippen LogP contribution in [0.3, 0.4) is 0 Å². The van der Waals surface area contributed by atoms with Gasteiger partial charge < -0.3 is 9.47 Å². The summed E-state index contributed by atoms with van der Waals surface area (Å²) >= 11 is 9.35. The molecule has 112 valence electrons. The Morgan fingerprint density at radius 1 is 1.43 bits per heavy atom. The maximum atomic E-state index is 11.9. The van der Waals surface area contributed by atoms with Crippen molar-refractivity contribution >= 4 is 33.5 Å². The summed E-state index contributed by atoms with van der Waals surface area (Å²) in [6.07, 6.45) is 0. The van der Waals surface area contributed by atoms with E-state index in [-0.39, 0.29) is 18.4 Å². The van der Waals surface area contributed by atoms with Gasteiger partial charge in [-0.25, -0.2) is 4.79 Å². The van der Waals surface area contributed by atoms with Crippen LogP contribution < -0.4 is 4.74 Å². The molecule has 0 aliphatic carbocycles. The van der Waals surface area contributed by atoms with Crippen molar-refractivity contribution in [2.45, 2.75) is 6.92 Å². The average molecular weight is 374 g/mol. The van der Waals surface area contributed by atoms with E-state index >= 15 is 0 Å². The van der Waals surface area contributed by atoms with Crippen molar-refractivity contribution in [2.24, 2.45) is 7.05 Å². The Bertz CT molecular complexity index is 658. The molecule has 0 amide bonds. The zero-order valence-electron chi connectivity index (χ0n) is 11.6. The first-order chi connectivity index (χ1) is 9.99. The minimum absolute atomic E-state index is 0.135. The highest BCUT2D eigenvalue weighted by molar-refractivity contribution is 9.10. The van der Waals surface area contributed by atoms with E-state index in [1.165, 1.54) is 4.68 Å². The van der Waals surface area contributed by atoms with Gasteiger partial charge in [-0.2, -0.15) is 5.10 Å². The second-order valence-corrected chi connectivity index (χ2v) is 5.59. The molecule has 1 aromatic carbocycles. The molecular formula is C14H14BrClN2O3. The second kappa shape index (κ2) is 6.95. The first kappa shape index (κ1) is 15.9. The van der Waals surface area contributed by atoms with Gasteiger partial charge in [-0.15, -0.1) is 0 Å². The second-order valence-electron chi connectivity index (χ2n) is 4.32. The molecule has 2 aromatic rings. The summed E-state index contributed by atoms with van der Waals surface area (Å²) in [5, 5.41) is 4.33. The highest BCUT2D eigenvalue weighted by Gasteiger charge is 2.20. The molecule has 5 nitrogen and oxygen atoms in total. The topological polar surface area (TPSA) is 53.4 Å². The highest BCUT2D eigenvalue weighted by atomic mass is 79.9. The third kappa shape index (κ3) is 3.98. The lowest BCUT2D eigenvalue weighted by atomic mass is 10.3. The lowest BCUT2D eigenvalue weighted by Gasteiger charge is -2.07. The fraction of sp³-hybridized carbons (Fsp3) is 0.286. The molecule has 1 aromatic heterocycles. The van der Waals surface area contributed by atoms with E-state index in [0.717, 1.165) is 4.47 Å². The molecule has 1 heterocycles. The van der Waals surface area contributed by atoms with Crippen molar-refractivity contribution in [3.05, 3.63) is 45.1 Å². The molecule has 21 heavy (non-hydrogen) atoms. The molecule has 0 saturated heterocycles. The number of hydrogen-bond donors (Lipinski definition) is 0. The molecule has 0 N–H and O–H groups in total. The number of esters is 1. The van der Waals surface area contributed by atoms with Gasteiger partial charge in [0.25, 0.3) is 0 Å². The van der Waals surface area contributed by atoms with Gasteiger partial charge >= 0.3 is 5.97 Å². The molecule has 0 saturated carbocycles. The Kier molecular flexibility index (Phi) is 5.25. The maximum Gasteiger partial charge on any atom is 0.343 e. The summed E-state index contributed by atoms with van der Waals surface area (Å²) in [6, 6.07) is 7.43. The summed E-state index contributed by atoms with van der Waals surface area (Å²) in [6.45, 7) is 2.11. The van der Waals surface area contributed by atoms with Gasteiger partial charge in [0.1, 0.15) is 29.7 Å². The lowest BCUT2D eigenvalue weighted by molar-refractivity contribution is 0.0449. The van der Waals surface area contributed by atoms with Crippen LogP contribution in [-0.2, 0) is 11.8 Å². The molecule has 0 aliphatic rings. The SMILES string of the molecule is Cc1nn(C)c(Cl)c1C(=O)OCCOc1cccc(Br)c1. The van der Waals surface area contributed by atoms with E-state index < -0.39 is 5.97 Å². The molecule has 0 bridgehead atoms. The summed E-state index contributed by atoms with van der Waals surface area (Å²) in [4.78, 5) is 11.9. The van der Waals surface area contributed by atoms with Gasteiger partial charge in [0, 0.05) is 11.5 Å². The van der Waals surface area contributed by atoms with E-state index in [4.69, 9.17) is 21.1 Å². The van der Waals surface area contributed by atoms with Crippen LogP contribution in [0.15, 0.2) is 28.7 Å². The number of carbonyl (C=O) groups excluding carboxylic acids is 1. The van der Waals surface area contributed by atoms with E-state index in [0.29, 0.717) is 17.0 Å². The van der Waals surface area contributed by atoms with Crippen molar-refractivity contribution < 1.29 is 14.3 Å². The van der Waals surface area contributed by atoms with Gasteiger partial charge in [-0.3, -0.25) is 4.68 Å². The Labute approximate surface area is 135 Å². The standard InChI is InChI=1S/C14H14BrClN2O3/c1-9-12(13(16)18(2)17-9)14(19)21-7-6-20-11-5-3-4-10(15)8-11/h3-5,8H,6-7H2,1-2H3. The summed E-state index contributed by atoms with van der Waals surface area (Å²) in [5.41, 5.74) is 0.835. The van der Waals surface area contributed by atoms with Crippen LogP contribution in [0.1, 0.15) is 16.1 Å². The molecule has 7 heteroatoms. The summed E-state index contributed by atoms with van der Waals surface area (Å²) < 4.78 is 13.0. The normalized spacial score (nSPS) is 10.5. The first-order valence-electron chi connectivity index (χ1n) is 6.23. The van der Waals surface area contributed by atoms with Crippen molar-refractivity contribution in [1.82, 2.24) is 9.78 Å².